The second-order valence-corrected chi connectivity index (χ2v) is 15.4. The number of hydrogen-bond acceptors (Lipinski definition) is 5. The Balaban J connectivity index is 3.51. The number of carbonyl (C=O) groups excluding carboxylic acids is 2. The van der Waals surface area contributed by atoms with Gasteiger partial charge < -0.3 is 20.3 Å². The minimum absolute atomic E-state index is 0.0349. The summed E-state index contributed by atoms with van der Waals surface area (Å²) >= 11 is 0. The zero-order chi connectivity index (χ0) is 37.3. The van der Waals surface area contributed by atoms with E-state index >= 15 is 0 Å². The molecule has 0 aromatic heterocycles. The Bertz CT molecular complexity index is 757. The van der Waals surface area contributed by atoms with Gasteiger partial charge in [0.25, 0.3) is 0 Å². The molecule has 0 saturated heterocycles. The average molecular weight is 722 g/mol. The number of allylic oxidation sites excluding steroid dienone is 2. The van der Waals surface area contributed by atoms with Crippen molar-refractivity contribution in [3.63, 3.8) is 0 Å². The van der Waals surface area contributed by atoms with Crippen molar-refractivity contribution in [1.82, 2.24) is 5.32 Å². The Hall–Kier alpha value is -1.40. The molecule has 0 aliphatic heterocycles. The lowest BCUT2D eigenvalue weighted by Crippen LogP contribution is -2.45. The van der Waals surface area contributed by atoms with Crippen LogP contribution in [-0.2, 0) is 14.3 Å². The van der Waals surface area contributed by atoms with Gasteiger partial charge in [0.2, 0.25) is 5.91 Å². The quantitative estimate of drug-likeness (QED) is 0.0332. The highest BCUT2D eigenvalue weighted by Crippen LogP contribution is 2.15. The predicted molar refractivity (Wildman–Crippen MR) is 218 cm³/mol. The van der Waals surface area contributed by atoms with Gasteiger partial charge >= 0.3 is 5.97 Å². The van der Waals surface area contributed by atoms with Crippen LogP contribution < -0.4 is 5.32 Å². The number of amides is 1. The van der Waals surface area contributed by atoms with Gasteiger partial charge in [0, 0.05) is 12.8 Å². The highest BCUT2D eigenvalue weighted by Gasteiger charge is 2.20. The normalized spacial score (nSPS) is 12.8. The van der Waals surface area contributed by atoms with E-state index in [0.29, 0.717) is 25.9 Å². The SMILES string of the molecule is CCCCCCCCCCCCCCCCC(=O)OCCCC/C=C\CCCCCCC(=O)NC(CO)C(O)CCCCCCCCCCCC. The van der Waals surface area contributed by atoms with Crippen LogP contribution in [-0.4, -0.2) is 47.4 Å². The fraction of sp³-hybridized carbons (Fsp3) is 0.911. The summed E-state index contributed by atoms with van der Waals surface area (Å²) in [4.78, 5) is 24.3. The number of esters is 1. The minimum atomic E-state index is -0.682. The van der Waals surface area contributed by atoms with Crippen molar-refractivity contribution in [2.75, 3.05) is 13.2 Å². The second kappa shape index (κ2) is 41.4. The van der Waals surface area contributed by atoms with Crippen molar-refractivity contribution in [2.24, 2.45) is 0 Å². The first-order valence-electron chi connectivity index (χ1n) is 22.4. The molecule has 6 heteroatoms. The molecule has 0 aliphatic rings. The molecular weight excluding hydrogens is 634 g/mol. The van der Waals surface area contributed by atoms with Gasteiger partial charge in [-0.25, -0.2) is 0 Å². The number of nitrogens with one attached hydrogen (secondary N) is 1. The van der Waals surface area contributed by atoms with Gasteiger partial charge in [0.15, 0.2) is 0 Å². The van der Waals surface area contributed by atoms with Crippen LogP contribution in [0.2, 0.25) is 0 Å². The average Bonchev–Trinajstić information content (AvgIpc) is 3.13. The van der Waals surface area contributed by atoms with Crippen molar-refractivity contribution >= 4 is 11.9 Å². The molecule has 6 nitrogen and oxygen atoms in total. The Morgan fingerprint density at radius 2 is 0.922 bits per heavy atom. The molecule has 0 heterocycles. The van der Waals surface area contributed by atoms with Gasteiger partial charge in [-0.1, -0.05) is 187 Å². The first-order chi connectivity index (χ1) is 25.0. The largest absolute Gasteiger partial charge is 0.466 e. The van der Waals surface area contributed by atoms with Gasteiger partial charge in [-0.05, 0) is 51.4 Å². The Morgan fingerprint density at radius 1 is 0.529 bits per heavy atom. The van der Waals surface area contributed by atoms with E-state index in [1.54, 1.807) is 0 Å². The third kappa shape index (κ3) is 38.1. The smallest absolute Gasteiger partial charge is 0.305 e. The standard InChI is InChI=1S/C45H87NO5/c1-3-5-7-9-11-13-15-16-17-18-23-27-31-35-39-45(50)51-40-36-32-28-24-20-19-22-26-30-34-38-44(49)46-42(41-47)43(48)37-33-29-25-21-14-12-10-8-6-4-2/h20,24,42-43,47-48H,3-19,21-23,25-41H2,1-2H3,(H,46,49)/b24-20-. The minimum Gasteiger partial charge on any atom is -0.466 e. The van der Waals surface area contributed by atoms with Crippen molar-refractivity contribution in [2.45, 2.75) is 251 Å². The number of rotatable bonds is 41. The molecule has 0 aliphatic carbocycles. The van der Waals surface area contributed by atoms with Crippen LogP contribution in [0.15, 0.2) is 12.2 Å². The van der Waals surface area contributed by atoms with E-state index in [0.717, 1.165) is 77.0 Å². The monoisotopic (exact) mass is 722 g/mol. The van der Waals surface area contributed by atoms with Crippen LogP contribution in [0.5, 0.6) is 0 Å². The summed E-state index contributed by atoms with van der Waals surface area (Å²) in [5.74, 6) is -0.107. The Kier molecular flexibility index (Phi) is 40.2. The van der Waals surface area contributed by atoms with Crippen LogP contribution in [0.4, 0.5) is 0 Å². The molecule has 0 bridgehead atoms. The molecule has 0 rings (SSSR count). The summed E-state index contributed by atoms with van der Waals surface area (Å²) in [6.07, 6.45) is 44.6. The first-order valence-corrected chi connectivity index (χ1v) is 22.4. The summed E-state index contributed by atoms with van der Waals surface area (Å²) in [5.41, 5.74) is 0. The van der Waals surface area contributed by atoms with E-state index in [1.165, 1.54) is 128 Å². The van der Waals surface area contributed by atoms with Gasteiger partial charge in [-0.3, -0.25) is 9.59 Å². The molecule has 2 atom stereocenters. The molecule has 3 N–H and O–H groups in total. The molecule has 0 spiro atoms. The van der Waals surface area contributed by atoms with E-state index in [9.17, 15) is 19.8 Å². The van der Waals surface area contributed by atoms with Gasteiger partial charge in [-0.2, -0.15) is 0 Å². The van der Waals surface area contributed by atoms with E-state index in [-0.39, 0.29) is 18.5 Å². The molecule has 0 saturated carbocycles. The Morgan fingerprint density at radius 3 is 1.39 bits per heavy atom. The van der Waals surface area contributed by atoms with E-state index < -0.39 is 12.1 Å². The number of hydrogen-bond donors (Lipinski definition) is 3. The van der Waals surface area contributed by atoms with E-state index in [1.807, 2.05) is 0 Å². The molecule has 0 aromatic carbocycles. The molecule has 302 valence electrons. The fourth-order valence-electron chi connectivity index (χ4n) is 6.81. The third-order valence-corrected chi connectivity index (χ3v) is 10.3. The van der Waals surface area contributed by atoms with Crippen LogP contribution >= 0.6 is 0 Å². The summed E-state index contributed by atoms with van der Waals surface area (Å²) in [6, 6.07) is -0.563. The first kappa shape index (κ1) is 49.6. The molecular formula is C45H87NO5. The number of ether oxygens (including phenoxy) is 1. The fourth-order valence-corrected chi connectivity index (χ4v) is 6.81. The molecule has 2 unspecified atom stereocenters. The number of carbonyl (C=O) groups is 2. The molecule has 0 fully saturated rings. The maximum absolute atomic E-state index is 12.4. The molecule has 0 radical (unpaired) electrons. The van der Waals surface area contributed by atoms with Crippen LogP contribution in [0.3, 0.4) is 0 Å². The predicted octanol–water partition coefficient (Wildman–Crippen LogP) is 12.6. The lowest BCUT2D eigenvalue weighted by atomic mass is 10.0. The van der Waals surface area contributed by atoms with E-state index in [2.05, 4.69) is 31.3 Å². The lowest BCUT2D eigenvalue weighted by Gasteiger charge is -2.22. The van der Waals surface area contributed by atoms with Crippen LogP contribution in [0.25, 0.3) is 0 Å². The van der Waals surface area contributed by atoms with Gasteiger partial charge in [0.05, 0.1) is 25.4 Å². The summed E-state index contributed by atoms with van der Waals surface area (Å²) in [7, 11) is 0. The molecule has 51 heavy (non-hydrogen) atoms. The van der Waals surface area contributed by atoms with Gasteiger partial charge in [0.1, 0.15) is 0 Å². The zero-order valence-electron chi connectivity index (χ0n) is 34.1. The second-order valence-electron chi connectivity index (χ2n) is 15.4. The van der Waals surface area contributed by atoms with Crippen molar-refractivity contribution in [3.05, 3.63) is 12.2 Å². The third-order valence-electron chi connectivity index (χ3n) is 10.3. The Labute approximate surface area is 317 Å². The van der Waals surface area contributed by atoms with Crippen molar-refractivity contribution in [3.8, 4) is 0 Å². The highest BCUT2D eigenvalue weighted by molar-refractivity contribution is 5.76. The van der Waals surface area contributed by atoms with Gasteiger partial charge in [-0.15, -0.1) is 0 Å². The van der Waals surface area contributed by atoms with Crippen LogP contribution in [0.1, 0.15) is 239 Å². The van der Waals surface area contributed by atoms with E-state index in [4.69, 9.17) is 4.74 Å². The number of unbranched alkanes of at least 4 members (excludes halogenated alkanes) is 28. The molecule has 0 aromatic rings. The molecule has 1 amide bonds. The highest BCUT2D eigenvalue weighted by atomic mass is 16.5. The lowest BCUT2D eigenvalue weighted by molar-refractivity contribution is -0.143. The summed E-state index contributed by atoms with van der Waals surface area (Å²) in [5, 5.41) is 23.0. The summed E-state index contributed by atoms with van der Waals surface area (Å²) in [6.45, 7) is 4.84. The van der Waals surface area contributed by atoms with Crippen molar-refractivity contribution < 1.29 is 24.5 Å². The number of aliphatic hydroxyl groups excluding tert-OH is 2. The van der Waals surface area contributed by atoms with Crippen molar-refractivity contribution in [1.29, 1.82) is 0 Å². The zero-order valence-corrected chi connectivity index (χ0v) is 34.1. The number of aliphatic hydroxyl groups is 2. The topological polar surface area (TPSA) is 95.9 Å². The summed E-state index contributed by atoms with van der Waals surface area (Å²) < 4.78 is 5.42. The maximum Gasteiger partial charge on any atom is 0.305 e. The maximum atomic E-state index is 12.4. The van der Waals surface area contributed by atoms with Crippen LogP contribution in [0, 0.1) is 0 Å².